The quantitative estimate of drug-likeness (QED) is 0.651. The van der Waals surface area contributed by atoms with Crippen LogP contribution in [0.25, 0.3) is 0 Å². The number of hydrogen-bond acceptors (Lipinski definition) is 6. The molecular formula is C17H20ClN3O2S. The van der Waals surface area contributed by atoms with Gasteiger partial charge in [-0.05, 0) is 38.7 Å². The number of nitrogens with one attached hydrogen (secondary N) is 1. The number of fused-ring (bicyclic) bond motifs is 1. The number of carbonyl (C=O) groups excluding carboxylic acids is 1. The number of anilines is 1. The molecule has 0 saturated carbocycles. The van der Waals surface area contributed by atoms with Crippen molar-refractivity contribution in [2.24, 2.45) is 5.10 Å². The maximum atomic E-state index is 11.8. The number of nitrogens with zero attached hydrogens (tertiary/aromatic N) is 2. The van der Waals surface area contributed by atoms with Crippen LogP contribution in [0.4, 0.5) is 5.13 Å². The van der Waals surface area contributed by atoms with Crippen LogP contribution in [0.1, 0.15) is 46.3 Å². The Kier molecular flexibility index (Phi) is 6.34. The largest absolute Gasteiger partial charge is 0.462 e. The molecule has 1 aromatic heterocycles. The van der Waals surface area contributed by atoms with Crippen molar-refractivity contribution in [3.05, 3.63) is 46.0 Å². The monoisotopic (exact) mass is 365 g/mol. The first-order valence-electron chi connectivity index (χ1n) is 7.74. The number of benzene rings is 1. The van der Waals surface area contributed by atoms with Gasteiger partial charge in [0.15, 0.2) is 0 Å². The van der Waals surface area contributed by atoms with E-state index in [9.17, 15) is 4.79 Å². The van der Waals surface area contributed by atoms with Crippen LogP contribution in [0.2, 0.25) is 0 Å². The van der Waals surface area contributed by atoms with Gasteiger partial charge in [-0.25, -0.2) is 9.78 Å². The van der Waals surface area contributed by atoms with Gasteiger partial charge in [-0.15, -0.1) is 12.4 Å². The summed E-state index contributed by atoms with van der Waals surface area (Å²) in [6.45, 7) is 3.95. The Morgan fingerprint density at radius 3 is 2.96 bits per heavy atom. The summed E-state index contributed by atoms with van der Waals surface area (Å²) in [7, 11) is 0. The molecule has 0 radical (unpaired) electrons. The molecule has 3 rings (SSSR count). The SMILES string of the molecule is CCOC(=O)c1sc(N/N=C2\CCCc3ccccc32)nc1C.Cl. The molecular weight excluding hydrogens is 346 g/mol. The van der Waals surface area contributed by atoms with Crippen molar-refractivity contribution < 1.29 is 9.53 Å². The Labute approximate surface area is 151 Å². The highest BCUT2D eigenvalue weighted by Gasteiger charge is 2.17. The van der Waals surface area contributed by atoms with Crippen molar-refractivity contribution in [1.29, 1.82) is 0 Å². The summed E-state index contributed by atoms with van der Waals surface area (Å²) in [5.41, 5.74) is 7.24. The second-order valence-corrected chi connectivity index (χ2v) is 6.33. The van der Waals surface area contributed by atoms with Crippen molar-refractivity contribution in [3.8, 4) is 0 Å². The van der Waals surface area contributed by atoms with Gasteiger partial charge in [-0.2, -0.15) is 5.10 Å². The number of halogens is 1. The van der Waals surface area contributed by atoms with Gasteiger partial charge in [0, 0.05) is 5.56 Å². The summed E-state index contributed by atoms with van der Waals surface area (Å²) in [5.74, 6) is -0.328. The fourth-order valence-corrected chi connectivity index (χ4v) is 3.47. The smallest absolute Gasteiger partial charge is 0.350 e. The van der Waals surface area contributed by atoms with Crippen molar-refractivity contribution in [2.75, 3.05) is 12.0 Å². The number of hydrogen-bond donors (Lipinski definition) is 1. The van der Waals surface area contributed by atoms with Crippen molar-refractivity contribution >= 4 is 40.6 Å². The van der Waals surface area contributed by atoms with E-state index < -0.39 is 0 Å². The summed E-state index contributed by atoms with van der Waals surface area (Å²) < 4.78 is 5.03. The van der Waals surface area contributed by atoms with Gasteiger partial charge in [0.25, 0.3) is 0 Å². The van der Waals surface area contributed by atoms with Crippen LogP contribution in [-0.4, -0.2) is 23.3 Å². The van der Waals surface area contributed by atoms with E-state index in [1.165, 1.54) is 22.5 Å². The van der Waals surface area contributed by atoms with Crippen LogP contribution >= 0.6 is 23.7 Å². The van der Waals surface area contributed by atoms with E-state index in [1.807, 2.05) is 6.07 Å². The molecule has 0 aliphatic heterocycles. The lowest BCUT2D eigenvalue weighted by atomic mass is 9.90. The van der Waals surface area contributed by atoms with Gasteiger partial charge in [-0.1, -0.05) is 35.6 Å². The fraction of sp³-hybridized carbons (Fsp3) is 0.353. The minimum Gasteiger partial charge on any atom is -0.462 e. The van der Waals surface area contributed by atoms with Crippen molar-refractivity contribution in [3.63, 3.8) is 0 Å². The molecule has 0 bridgehead atoms. The average Bonchev–Trinajstić information content (AvgIpc) is 2.94. The molecule has 1 N–H and O–H groups in total. The molecule has 2 aromatic rings. The van der Waals surface area contributed by atoms with Crippen LogP contribution in [0.3, 0.4) is 0 Å². The number of hydrazone groups is 1. The van der Waals surface area contributed by atoms with Gasteiger partial charge < -0.3 is 4.74 Å². The lowest BCUT2D eigenvalue weighted by Crippen LogP contribution is -2.13. The number of aryl methyl sites for hydroxylation is 2. The first-order valence-corrected chi connectivity index (χ1v) is 8.56. The maximum Gasteiger partial charge on any atom is 0.350 e. The summed E-state index contributed by atoms with van der Waals surface area (Å²) in [5, 5.41) is 5.13. The highest BCUT2D eigenvalue weighted by atomic mass is 35.5. The molecule has 0 saturated heterocycles. The number of thiazole rings is 1. The Balaban J connectivity index is 0.00000208. The lowest BCUT2D eigenvalue weighted by Gasteiger charge is -2.17. The topological polar surface area (TPSA) is 63.6 Å². The molecule has 1 heterocycles. The minimum absolute atomic E-state index is 0. The third-order valence-electron chi connectivity index (χ3n) is 3.73. The number of ether oxygens (including phenoxy) is 1. The van der Waals surface area contributed by atoms with Gasteiger partial charge in [0.1, 0.15) is 4.88 Å². The summed E-state index contributed by atoms with van der Waals surface area (Å²) >= 11 is 1.27. The molecule has 128 valence electrons. The van der Waals surface area contributed by atoms with Crippen LogP contribution in [0.5, 0.6) is 0 Å². The average molecular weight is 366 g/mol. The van der Waals surface area contributed by atoms with Crippen LogP contribution in [-0.2, 0) is 11.2 Å². The molecule has 0 amide bonds. The predicted octanol–water partition coefficient (Wildman–Crippen LogP) is 4.20. The molecule has 24 heavy (non-hydrogen) atoms. The zero-order valence-electron chi connectivity index (χ0n) is 13.7. The molecule has 1 aliphatic carbocycles. The number of carbonyl (C=O) groups is 1. The zero-order valence-corrected chi connectivity index (χ0v) is 15.3. The molecule has 0 fully saturated rings. The third kappa shape index (κ3) is 3.94. The molecule has 5 nitrogen and oxygen atoms in total. The predicted molar refractivity (Wildman–Crippen MR) is 99.6 cm³/mol. The number of aromatic nitrogens is 1. The first kappa shape index (κ1) is 18.4. The molecule has 1 aromatic carbocycles. The van der Waals surface area contributed by atoms with Gasteiger partial charge >= 0.3 is 5.97 Å². The second kappa shape index (κ2) is 8.26. The highest BCUT2D eigenvalue weighted by molar-refractivity contribution is 7.17. The van der Waals surface area contributed by atoms with E-state index in [2.05, 4.69) is 33.7 Å². The van der Waals surface area contributed by atoms with Crippen LogP contribution < -0.4 is 5.43 Å². The highest BCUT2D eigenvalue weighted by Crippen LogP contribution is 2.25. The van der Waals surface area contributed by atoms with E-state index in [4.69, 9.17) is 4.74 Å². The van der Waals surface area contributed by atoms with Crippen LogP contribution in [0, 0.1) is 6.92 Å². The minimum atomic E-state index is -0.328. The van der Waals surface area contributed by atoms with E-state index in [0.717, 1.165) is 25.0 Å². The Morgan fingerprint density at radius 2 is 2.17 bits per heavy atom. The fourth-order valence-electron chi connectivity index (χ4n) is 2.66. The molecule has 0 atom stereocenters. The first-order chi connectivity index (χ1) is 11.2. The molecule has 0 unspecified atom stereocenters. The van der Waals surface area contributed by atoms with Gasteiger partial charge in [0.05, 0.1) is 18.0 Å². The summed E-state index contributed by atoms with van der Waals surface area (Å²) in [6, 6.07) is 8.35. The molecule has 7 heteroatoms. The summed E-state index contributed by atoms with van der Waals surface area (Å²) in [6.07, 6.45) is 3.14. The number of esters is 1. The molecule has 1 aliphatic rings. The standard InChI is InChI=1S/C17H19N3O2S.ClH/c1-3-22-16(21)15-11(2)18-17(23-15)20-19-14-10-6-8-12-7-4-5-9-13(12)14;/h4-5,7,9H,3,6,8,10H2,1-2H3,(H,18,20);1H/b19-14+;. The maximum absolute atomic E-state index is 11.8. The third-order valence-corrected chi connectivity index (χ3v) is 4.77. The second-order valence-electron chi connectivity index (χ2n) is 5.34. The van der Waals surface area contributed by atoms with E-state index in [0.29, 0.717) is 22.3 Å². The van der Waals surface area contributed by atoms with E-state index >= 15 is 0 Å². The van der Waals surface area contributed by atoms with Gasteiger partial charge in [-0.3, -0.25) is 5.43 Å². The molecule has 0 spiro atoms. The van der Waals surface area contributed by atoms with Crippen molar-refractivity contribution in [1.82, 2.24) is 4.98 Å². The normalized spacial score (nSPS) is 14.7. The zero-order chi connectivity index (χ0) is 16.2. The number of rotatable bonds is 4. The van der Waals surface area contributed by atoms with E-state index in [1.54, 1.807) is 13.8 Å². The van der Waals surface area contributed by atoms with Gasteiger partial charge in [0.2, 0.25) is 5.13 Å². The Bertz CT molecular complexity index is 758. The Hall–Kier alpha value is -1.92. The van der Waals surface area contributed by atoms with E-state index in [-0.39, 0.29) is 18.4 Å². The van der Waals surface area contributed by atoms with Crippen molar-refractivity contribution in [2.45, 2.75) is 33.1 Å². The lowest BCUT2D eigenvalue weighted by molar-refractivity contribution is 0.0531. The van der Waals surface area contributed by atoms with Crippen LogP contribution in [0.15, 0.2) is 29.4 Å². The summed E-state index contributed by atoms with van der Waals surface area (Å²) in [4.78, 5) is 16.7. The Morgan fingerprint density at radius 1 is 1.38 bits per heavy atom.